The van der Waals surface area contributed by atoms with Gasteiger partial charge in [-0.05, 0) is 6.92 Å². The normalized spacial score (nSPS) is 30.6. The van der Waals surface area contributed by atoms with Crippen molar-refractivity contribution >= 4 is 23.5 Å². The van der Waals surface area contributed by atoms with Gasteiger partial charge in [0.15, 0.2) is 11.9 Å². The van der Waals surface area contributed by atoms with Gasteiger partial charge >= 0.3 is 29.2 Å². The maximum Gasteiger partial charge on any atom is 0.490 e. The summed E-state index contributed by atoms with van der Waals surface area (Å²) in [6.07, 6.45) is -5.81. The predicted octanol–water partition coefficient (Wildman–Crippen LogP) is -0.995. The molecule has 0 radical (unpaired) electrons. The summed E-state index contributed by atoms with van der Waals surface area (Å²) < 4.78 is 78.4. The van der Waals surface area contributed by atoms with Crippen molar-refractivity contribution < 1.29 is 65.0 Å². The average Bonchev–Trinajstić information content (AvgIpc) is 2.76. The molecule has 0 amide bonds. The van der Waals surface area contributed by atoms with E-state index in [4.69, 9.17) is 19.4 Å². The Balaban J connectivity index is 2.17. The lowest BCUT2D eigenvalue weighted by Gasteiger charge is -2.24. The molecule has 2 heterocycles. The lowest BCUT2D eigenvalue weighted by molar-refractivity contribution is -0.0609. The minimum atomic E-state index is -5.81. The topological polar surface area (TPSA) is 244 Å². The van der Waals surface area contributed by atoms with Gasteiger partial charge in [0.1, 0.15) is 12.2 Å². The summed E-state index contributed by atoms with van der Waals surface area (Å²) in [5.41, 5.74) is -5.58. The van der Waals surface area contributed by atoms with Crippen molar-refractivity contribution in [3.63, 3.8) is 0 Å². The van der Waals surface area contributed by atoms with E-state index in [-0.39, 0.29) is 4.57 Å². The number of H-pyrrole nitrogens is 1. The average molecular weight is 518 g/mol. The lowest BCUT2D eigenvalue weighted by Crippen LogP contribution is -2.44. The second kappa shape index (κ2) is 8.67. The van der Waals surface area contributed by atoms with Gasteiger partial charge in [0.05, 0.1) is 12.8 Å². The van der Waals surface area contributed by atoms with Crippen LogP contribution >= 0.6 is 23.5 Å². The lowest BCUT2D eigenvalue weighted by atomic mass is 9.98. The number of aliphatic hydroxyl groups is 1. The molecule has 1 fully saturated rings. The SMILES string of the molecule is CC1(F)C(O)C(COP(=O)(O)OP(=O)(O)OP(=O)(O)O)OC1n1cc(F)c(=O)[nH]c1=O. The van der Waals surface area contributed by atoms with Crippen molar-refractivity contribution in [1.82, 2.24) is 9.55 Å². The molecule has 6 atom stereocenters. The summed E-state index contributed by atoms with van der Waals surface area (Å²) in [5.74, 6) is -1.50. The monoisotopic (exact) mass is 518 g/mol. The zero-order valence-corrected chi connectivity index (χ0v) is 17.7. The number of aromatic amines is 1. The van der Waals surface area contributed by atoms with E-state index in [9.17, 15) is 42.1 Å². The maximum absolute atomic E-state index is 14.9. The molecule has 1 aliphatic heterocycles. The Bertz CT molecular complexity index is 1100. The number of hydrogen-bond acceptors (Lipinski definition) is 10. The first kappa shape index (κ1) is 26.1. The molecular weight excluding hydrogens is 503 g/mol. The van der Waals surface area contributed by atoms with E-state index in [1.807, 2.05) is 0 Å². The van der Waals surface area contributed by atoms with Gasteiger partial charge in [-0.3, -0.25) is 18.9 Å². The number of aliphatic hydroxyl groups excluding tert-OH is 1. The van der Waals surface area contributed by atoms with Crippen LogP contribution in [0.1, 0.15) is 13.2 Å². The zero-order valence-electron chi connectivity index (χ0n) is 15.0. The summed E-state index contributed by atoms with van der Waals surface area (Å²) in [6.45, 7) is -0.524. The molecule has 1 aliphatic rings. The fourth-order valence-corrected chi connectivity index (χ4v) is 5.49. The number of alkyl halides is 1. The molecule has 0 aliphatic carbocycles. The minimum Gasteiger partial charge on any atom is -0.387 e. The van der Waals surface area contributed by atoms with Crippen LogP contribution in [-0.2, 0) is 31.6 Å². The number of halogens is 2. The van der Waals surface area contributed by atoms with Crippen molar-refractivity contribution in [2.24, 2.45) is 0 Å². The Morgan fingerprint density at radius 2 is 1.77 bits per heavy atom. The molecule has 6 N–H and O–H groups in total. The smallest absolute Gasteiger partial charge is 0.387 e. The van der Waals surface area contributed by atoms with Gasteiger partial charge in [0, 0.05) is 0 Å². The number of rotatable bonds is 8. The molecule has 1 aromatic rings. The molecular formula is C10H15F2N2O14P3. The molecule has 21 heteroatoms. The van der Waals surface area contributed by atoms with Crippen LogP contribution < -0.4 is 11.2 Å². The highest BCUT2D eigenvalue weighted by molar-refractivity contribution is 7.66. The standard InChI is InChI=1S/C10H15F2N2O14P3/c1-10(12)6(15)5(26-8(10)14-2-4(11)7(16)13-9(14)17)3-25-30(21,22)28-31(23,24)27-29(18,19)20/h2,5-6,8,15H,3H2,1H3,(H,21,22)(H,23,24)(H,13,16,17)(H2,18,19,20). The van der Waals surface area contributed by atoms with E-state index in [1.54, 1.807) is 0 Å². The molecule has 1 aromatic heterocycles. The Hall–Kier alpha value is -1.13. The molecule has 6 unspecified atom stereocenters. The predicted molar refractivity (Wildman–Crippen MR) is 90.5 cm³/mol. The van der Waals surface area contributed by atoms with Gasteiger partial charge < -0.3 is 29.4 Å². The summed E-state index contributed by atoms with van der Waals surface area (Å²) in [7, 11) is -17.0. The Morgan fingerprint density at radius 3 is 2.32 bits per heavy atom. The third-order valence-electron chi connectivity index (χ3n) is 3.71. The van der Waals surface area contributed by atoms with E-state index >= 15 is 0 Å². The van der Waals surface area contributed by atoms with Crippen LogP contribution in [0.3, 0.4) is 0 Å². The molecule has 0 spiro atoms. The molecule has 0 saturated carbocycles. The van der Waals surface area contributed by atoms with Gasteiger partial charge in [-0.2, -0.15) is 13.0 Å². The van der Waals surface area contributed by atoms with E-state index in [2.05, 4.69) is 13.1 Å². The van der Waals surface area contributed by atoms with Crippen molar-refractivity contribution in [3.8, 4) is 0 Å². The molecule has 16 nitrogen and oxygen atoms in total. The van der Waals surface area contributed by atoms with E-state index in [0.717, 1.165) is 0 Å². The number of nitrogens with one attached hydrogen (secondary N) is 1. The van der Waals surface area contributed by atoms with E-state index < -0.39 is 71.2 Å². The summed E-state index contributed by atoms with van der Waals surface area (Å²) in [5, 5.41) is 10.0. The molecule has 178 valence electrons. The van der Waals surface area contributed by atoms with Crippen LogP contribution in [0.25, 0.3) is 0 Å². The van der Waals surface area contributed by atoms with Crippen molar-refractivity contribution in [2.45, 2.75) is 31.0 Å². The highest BCUT2D eigenvalue weighted by Crippen LogP contribution is 2.66. The van der Waals surface area contributed by atoms with E-state index in [1.165, 1.54) is 4.98 Å². The van der Waals surface area contributed by atoms with Gasteiger partial charge in [-0.15, -0.1) is 0 Å². The van der Waals surface area contributed by atoms with Crippen molar-refractivity contribution in [3.05, 3.63) is 32.9 Å². The fraction of sp³-hybridized carbons (Fsp3) is 0.600. The number of hydrogen-bond donors (Lipinski definition) is 6. The third kappa shape index (κ3) is 6.44. The highest BCUT2D eigenvalue weighted by atomic mass is 31.3. The van der Waals surface area contributed by atoms with Gasteiger partial charge in [0.2, 0.25) is 5.82 Å². The zero-order chi connectivity index (χ0) is 24.0. The summed E-state index contributed by atoms with van der Waals surface area (Å²) >= 11 is 0. The number of phosphoric ester groups is 1. The number of aromatic nitrogens is 2. The first-order chi connectivity index (χ1) is 13.8. The number of phosphoric acid groups is 3. The molecule has 1 saturated heterocycles. The Labute approximate surface area is 169 Å². The quantitative estimate of drug-likeness (QED) is 0.226. The molecule has 2 rings (SSSR count). The maximum atomic E-state index is 14.9. The number of nitrogens with zero attached hydrogens (tertiary/aromatic N) is 1. The van der Waals surface area contributed by atoms with E-state index in [0.29, 0.717) is 13.1 Å². The second-order valence-electron chi connectivity index (χ2n) is 6.15. The van der Waals surface area contributed by atoms with Crippen LogP contribution in [0.15, 0.2) is 15.8 Å². The Kier molecular flexibility index (Phi) is 7.30. The van der Waals surface area contributed by atoms with Crippen LogP contribution in [0, 0.1) is 5.82 Å². The first-order valence-electron chi connectivity index (χ1n) is 7.66. The van der Waals surface area contributed by atoms with Crippen LogP contribution in [-0.4, -0.2) is 58.7 Å². The van der Waals surface area contributed by atoms with Crippen molar-refractivity contribution in [1.29, 1.82) is 0 Å². The first-order valence-corrected chi connectivity index (χ1v) is 12.2. The van der Waals surface area contributed by atoms with Gasteiger partial charge in [-0.25, -0.2) is 22.9 Å². The molecule has 0 aromatic carbocycles. The third-order valence-corrected chi connectivity index (χ3v) is 7.51. The minimum absolute atomic E-state index is 0.255. The summed E-state index contributed by atoms with van der Waals surface area (Å²) in [4.78, 5) is 59.7. The fourth-order valence-electron chi connectivity index (χ4n) is 2.46. The van der Waals surface area contributed by atoms with Gasteiger partial charge in [-0.1, -0.05) is 0 Å². The highest BCUT2D eigenvalue weighted by Gasteiger charge is 2.56. The summed E-state index contributed by atoms with van der Waals surface area (Å²) in [6, 6.07) is 0. The number of ether oxygens (including phenoxy) is 1. The molecule has 0 bridgehead atoms. The van der Waals surface area contributed by atoms with Crippen molar-refractivity contribution in [2.75, 3.05) is 6.61 Å². The molecule has 31 heavy (non-hydrogen) atoms. The van der Waals surface area contributed by atoms with Crippen LogP contribution in [0.5, 0.6) is 0 Å². The van der Waals surface area contributed by atoms with Crippen LogP contribution in [0.2, 0.25) is 0 Å². The largest absolute Gasteiger partial charge is 0.490 e. The Morgan fingerprint density at radius 1 is 1.19 bits per heavy atom. The second-order valence-corrected chi connectivity index (χ2v) is 10.6. The van der Waals surface area contributed by atoms with Crippen LogP contribution in [0.4, 0.5) is 8.78 Å². The van der Waals surface area contributed by atoms with Gasteiger partial charge in [0.25, 0.3) is 5.56 Å².